The van der Waals surface area contributed by atoms with Crippen LogP contribution in [-0.2, 0) is 11.8 Å². The van der Waals surface area contributed by atoms with Crippen LogP contribution in [-0.4, -0.2) is 54.1 Å². The minimum absolute atomic E-state index is 0.00458. The number of hydrogen-bond donors (Lipinski definition) is 1. The molecule has 1 aliphatic rings. The molecule has 1 amide bonds. The molecule has 1 fully saturated rings. The third-order valence-electron chi connectivity index (χ3n) is 5.78. The first-order chi connectivity index (χ1) is 15.6. The van der Waals surface area contributed by atoms with Gasteiger partial charge in [-0.2, -0.15) is 4.52 Å². The number of aromatic nitrogens is 6. The molecule has 0 unspecified atom stereocenters. The lowest BCUT2D eigenvalue weighted by Gasteiger charge is -2.32. The number of amides is 1. The number of piperidine rings is 1. The smallest absolute Gasteiger partial charge is 0.228 e. The molecule has 0 bridgehead atoms. The van der Waals surface area contributed by atoms with Gasteiger partial charge in [-0.05, 0) is 49.2 Å². The predicted molar refractivity (Wildman–Crippen MR) is 117 cm³/mol. The summed E-state index contributed by atoms with van der Waals surface area (Å²) in [6.07, 6.45) is 6.38. The van der Waals surface area contributed by atoms with E-state index in [-0.39, 0.29) is 17.6 Å². The van der Waals surface area contributed by atoms with Crippen LogP contribution in [0.4, 0.5) is 11.5 Å². The van der Waals surface area contributed by atoms with E-state index in [4.69, 9.17) is 0 Å². The fourth-order valence-corrected chi connectivity index (χ4v) is 3.92. The number of anilines is 2. The molecule has 32 heavy (non-hydrogen) atoms. The third-order valence-corrected chi connectivity index (χ3v) is 5.78. The van der Waals surface area contributed by atoms with Gasteiger partial charge in [0.05, 0.1) is 0 Å². The number of nitrogens with zero attached hydrogens (tertiary/aromatic N) is 7. The average molecular weight is 430 g/mol. The fraction of sp³-hybridized carbons (Fsp3) is 0.273. The van der Waals surface area contributed by atoms with Crippen LogP contribution in [0.1, 0.15) is 29.0 Å². The number of imidazole rings is 1. The van der Waals surface area contributed by atoms with Gasteiger partial charge in [0.2, 0.25) is 11.7 Å². The highest BCUT2D eigenvalue weighted by atomic mass is 16.2. The van der Waals surface area contributed by atoms with E-state index >= 15 is 0 Å². The molecular formula is C22H22N8O2. The molecule has 0 aliphatic carbocycles. The average Bonchev–Trinajstić information content (AvgIpc) is 3.47. The van der Waals surface area contributed by atoms with Gasteiger partial charge in [0.25, 0.3) is 0 Å². The first-order valence-electron chi connectivity index (χ1n) is 10.4. The summed E-state index contributed by atoms with van der Waals surface area (Å²) in [5.74, 6) is 1.01. The Hall–Kier alpha value is -4.08. The van der Waals surface area contributed by atoms with E-state index in [9.17, 15) is 9.59 Å². The van der Waals surface area contributed by atoms with Gasteiger partial charge in [-0.3, -0.25) is 9.59 Å². The number of benzene rings is 1. The van der Waals surface area contributed by atoms with Crippen LogP contribution in [0, 0.1) is 5.92 Å². The van der Waals surface area contributed by atoms with E-state index in [0.717, 1.165) is 31.7 Å². The van der Waals surface area contributed by atoms with Crippen molar-refractivity contribution in [1.82, 2.24) is 29.4 Å². The van der Waals surface area contributed by atoms with Crippen molar-refractivity contribution in [3.8, 4) is 0 Å². The van der Waals surface area contributed by atoms with Crippen LogP contribution in [0.3, 0.4) is 0 Å². The van der Waals surface area contributed by atoms with Crippen molar-refractivity contribution in [3.05, 3.63) is 66.5 Å². The summed E-state index contributed by atoms with van der Waals surface area (Å²) in [6.45, 7) is 1.49. The van der Waals surface area contributed by atoms with Crippen LogP contribution in [0.2, 0.25) is 0 Å². The molecule has 10 heteroatoms. The number of ketones is 1. The summed E-state index contributed by atoms with van der Waals surface area (Å²) in [7, 11) is 1.78. The van der Waals surface area contributed by atoms with Crippen molar-refractivity contribution in [2.45, 2.75) is 12.8 Å². The Kier molecular flexibility index (Phi) is 5.10. The maximum absolute atomic E-state index is 12.8. The highest BCUT2D eigenvalue weighted by Gasteiger charge is 2.26. The summed E-state index contributed by atoms with van der Waals surface area (Å²) in [5, 5.41) is 15.3. The van der Waals surface area contributed by atoms with Gasteiger partial charge in [-0.15, -0.1) is 15.3 Å². The summed E-state index contributed by atoms with van der Waals surface area (Å²) in [6, 6.07) is 10.7. The van der Waals surface area contributed by atoms with Crippen molar-refractivity contribution < 1.29 is 9.59 Å². The van der Waals surface area contributed by atoms with Crippen molar-refractivity contribution >= 4 is 28.8 Å². The van der Waals surface area contributed by atoms with Crippen LogP contribution >= 0.6 is 0 Å². The molecule has 5 rings (SSSR count). The Balaban J connectivity index is 1.18. The third kappa shape index (κ3) is 3.82. The molecule has 1 saturated heterocycles. The minimum atomic E-state index is -0.152. The second-order valence-electron chi connectivity index (χ2n) is 7.84. The maximum Gasteiger partial charge on any atom is 0.228 e. The van der Waals surface area contributed by atoms with Gasteiger partial charge in [0.15, 0.2) is 11.5 Å². The van der Waals surface area contributed by atoms with Crippen molar-refractivity contribution in [1.29, 1.82) is 0 Å². The van der Waals surface area contributed by atoms with E-state index in [1.165, 1.54) is 0 Å². The van der Waals surface area contributed by atoms with Crippen molar-refractivity contribution in [2.24, 2.45) is 13.0 Å². The van der Waals surface area contributed by atoms with Crippen LogP contribution < -0.4 is 10.2 Å². The van der Waals surface area contributed by atoms with Crippen molar-refractivity contribution in [2.75, 3.05) is 23.3 Å². The van der Waals surface area contributed by atoms with E-state index in [2.05, 4.69) is 30.5 Å². The number of nitrogens with one attached hydrogen (secondary N) is 1. The molecule has 0 saturated carbocycles. The normalized spacial score (nSPS) is 14.6. The number of carbonyl (C=O) groups is 2. The lowest BCUT2D eigenvalue weighted by molar-refractivity contribution is -0.120. The summed E-state index contributed by atoms with van der Waals surface area (Å²) < 4.78 is 3.33. The number of rotatable bonds is 5. The molecule has 1 N–H and O–H groups in total. The zero-order chi connectivity index (χ0) is 22.1. The standard InChI is InChI=1S/C22H22N8O2/c1-28-13-10-23-21(28)20(31)15-2-4-17(5-3-15)25-22(32)16-8-11-29(12-9-16)19-7-6-18-26-24-14-30(18)27-19/h2-7,10,13-14,16H,8-9,11-12H2,1H3,(H,25,32). The second kappa shape index (κ2) is 8.22. The number of fused-ring (bicyclic) bond motifs is 1. The van der Waals surface area contributed by atoms with E-state index < -0.39 is 0 Å². The fourth-order valence-electron chi connectivity index (χ4n) is 3.92. The topological polar surface area (TPSA) is 110 Å². The molecule has 4 aromatic rings. The van der Waals surface area contributed by atoms with E-state index in [1.54, 1.807) is 59.1 Å². The Morgan fingerprint density at radius 2 is 1.84 bits per heavy atom. The Bertz CT molecular complexity index is 1270. The molecule has 0 atom stereocenters. The number of carbonyl (C=O) groups excluding carboxylic acids is 2. The van der Waals surface area contributed by atoms with Gasteiger partial charge in [0.1, 0.15) is 12.1 Å². The SMILES string of the molecule is Cn1ccnc1C(=O)c1ccc(NC(=O)C2CCN(c3ccc4nncn4n3)CC2)cc1. The second-order valence-corrected chi connectivity index (χ2v) is 7.84. The molecule has 1 aromatic carbocycles. The van der Waals surface area contributed by atoms with Gasteiger partial charge in [-0.25, -0.2) is 4.98 Å². The Morgan fingerprint density at radius 1 is 1.06 bits per heavy atom. The highest BCUT2D eigenvalue weighted by Crippen LogP contribution is 2.23. The molecule has 0 radical (unpaired) electrons. The lowest BCUT2D eigenvalue weighted by Crippen LogP contribution is -2.38. The molecule has 3 aromatic heterocycles. The van der Waals surface area contributed by atoms with Crippen LogP contribution in [0.15, 0.2) is 55.1 Å². The molecule has 10 nitrogen and oxygen atoms in total. The first kappa shape index (κ1) is 19.9. The van der Waals surface area contributed by atoms with Gasteiger partial charge < -0.3 is 14.8 Å². The van der Waals surface area contributed by atoms with Crippen LogP contribution in [0.25, 0.3) is 5.65 Å². The number of aryl methyl sites for hydroxylation is 1. The largest absolute Gasteiger partial charge is 0.355 e. The molecule has 162 valence electrons. The Labute approximate surface area is 183 Å². The monoisotopic (exact) mass is 430 g/mol. The van der Waals surface area contributed by atoms with Gasteiger partial charge in [0, 0.05) is 49.7 Å². The zero-order valence-electron chi connectivity index (χ0n) is 17.5. The van der Waals surface area contributed by atoms with Gasteiger partial charge in [-0.1, -0.05) is 0 Å². The minimum Gasteiger partial charge on any atom is -0.355 e. The maximum atomic E-state index is 12.8. The van der Waals surface area contributed by atoms with E-state index in [0.29, 0.717) is 22.7 Å². The molecule has 4 heterocycles. The summed E-state index contributed by atoms with van der Waals surface area (Å²) in [4.78, 5) is 31.5. The van der Waals surface area contributed by atoms with Crippen LogP contribution in [0.5, 0.6) is 0 Å². The predicted octanol–water partition coefficient (Wildman–Crippen LogP) is 1.94. The van der Waals surface area contributed by atoms with Crippen molar-refractivity contribution in [3.63, 3.8) is 0 Å². The highest BCUT2D eigenvalue weighted by molar-refractivity contribution is 6.07. The molecule has 0 spiro atoms. The zero-order valence-corrected chi connectivity index (χ0v) is 17.5. The van der Waals surface area contributed by atoms with Gasteiger partial charge >= 0.3 is 0 Å². The molecule has 1 aliphatic heterocycles. The lowest BCUT2D eigenvalue weighted by atomic mass is 9.95. The summed E-state index contributed by atoms with van der Waals surface area (Å²) >= 11 is 0. The van der Waals surface area contributed by atoms with E-state index in [1.807, 2.05) is 12.1 Å². The summed E-state index contributed by atoms with van der Waals surface area (Å²) in [5.41, 5.74) is 1.91. The first-order valence-corrected chi connectivity index (χ1v) is 10.4. The Morgan fingerprint density at radius 3 is 2.56 bits per heavy atom. The molecular weight excluding hydrogens is 408 g/mol. The quantitative estimate of drug-likeness (QED) is 0.482. The number of hydrogen-bond acceptors (Lipinski definition) is 7.